The molecule has 0 unspecified atom stereocenters. The summed E-state index contributed by atoms with van der Waals surface area (Å²) in [7, 11) is -3.84. The number of rotatable bonds is 11. The van der Waals surface area contributed by atoms with Gasteiger partial charge in [-0.1, -0.05) is 80.4 Å². The quantitative estimate of drug-likeness (QED) is 0.0459. The molecule has 5 fully saturated rings. The topological polar surface area (TPSA) is 248 Å². The summed E-state index contributed by atoms with van der Waals surface area (Å²) in [5.41, 5.74) is 6.94. The minimum atomic E-state index is -3.54. The largest absolute Gasteiger partial charge is 0.498 e. The molecule has 4 aromatic heterocycles. The van der Waals surface area contributed by atoms with E-state index in [2.05, 4.69) is 138 Å². The Morgan fingerprint density at radius 3 is 1.33 bits per heavy atom. The van der Waals surface area contributed by atoms with Gasteiger partial charge in [-0.25, -0.2) is 0 Å². The predicted molar refractivity (Wildman–Crippen MR) is 403 cm³/mol. The fourth-order valence-corrected chi connectivity index (χ4v) is 14.0. The second-order valence-corrected chi connectivity index (χ2v) is 29.8. The van der Waals surface area contributed by atoms with Crippen molar-refractivity contribution in [3.8, 4) is 11.1 Å². The van der Waals surface area contributed by atoms with Gasteiger partial charge in [0.2, 0.25) is 0 Å². The van der Waals surface area contributed by atoms with E-state index in [0.29, 0.717) is 10.9 Å². The van der Waals surface area contributed by atoms with Crippen molar-refractivity contribution >= 4 is 119 Å². The van der Waals surface area contributed by atoms with Crippen molar-refractivity contribution in [2.45, 2.75) is 65.1 Å². The Balaban J connectivity index is 0.000000128. The van der Waals surface area contributed by atoms with Crippen LogP contribution in [0, 0.1) is 0 Å². The summed E-state index contributed by atoms with van der Waals surface area (Å²) in [6, 6.07) is 39.0. The van der Waals surface area contributed by atoms with Gasteiger partial charge in [0.15, 0.2) is 0 Å². The molecule has 100 heavy (non-hydrogen) atoms. The first-order valence-electron chi connectivity index (χ1n) is 33.7. The van der Waals surface area contributed by atoms with Crippen LogP contribution in [-0.2, 0) is 68.8 Å². The molecule has 7 aromatic carbocycles. The van der Waals surface area contributed by atoms with E-state index in [1.54, 1.807) is 43.1 Å². The molecule has 0 aliphatic carbocycles. The summed E-state index contributed by atoms with van der Waals surface area (Å²) in [5, 5.41) is 20.4. The molecule has 0 radical (unpaired) electrons. The standard InChI is InChI=1S/C29H31N3O3.C18H17BrN2O2.C15H12BrNO4S.C9H15BN2O2.C4H9NO/c33-29-28-24(7-8-30-29)17-25(20-32-11-15-35-16-12-32)26-6-5-23(18-27(26)28)22-3-1-21(2-4-22)19-31-9-13-34-14-10-31;19-14-1-2-15-13(11-21-5-7-23-8-6-21)9-12-3-4-20-18(22)17(12)16(15)10-14;1-22(19,20)21-8-10-6-9-4-5-17-15(18)14(9)13-7-11(16)2-3-12(10)13;1-8(2)9(3,4)14-10(13-8)7-5-11-12-6-7;1-3-6-4-2-5-1/h1-8,17-18H,9-16,19-20H2,(H,30,33);1-4,9-10H,5-8,11H2,(H,20,22);2-7H,8H2,1H3,(H,17,18);5-6H,1-4H3,(H,11,12);5H,1-4H2. The summed E-state index contributed by atoms with van der Waals surface area (Å²) in [6.07, 6.45) is 9.55. The summed E-state index contributed by atoms with van der Waals surface area (Å²) in [4.78, 5) is 52.9. The van der Waals surface area contributed by atoms with Gasteiger partial charge in [-0.2, -0.15) is 13.5 Å². The highest BCUT2D eigenvalue weighted by Gasteiger charge is 2.52. The first kappa shape index (κ1) is 72.5. The number of aromatic nitrogens is 5. The Morgan fingerprint density at radius 1 is 0.500 bits per heavy atom. The average Bonchev–Trinajstić information content (AvgIpc) is 1.04. The van der Waals surface area contributed by atoms with Crippen LogP contribution in [0.2, 0.25) is 0 Å². The third-order valence-corrected chi connectivity index (χ3v) is 20.4. The van der Waals surface area contributed by atoms with E-state index in [4.69, 9.17) is 32.4 Å². The number of pyridine rings is 3. The highest BCUT2D eigenvalue weighted by Crippen LogP contribution is 2.38. The van der Waals surface area contributed by atoms with E-state index in [1.165, 1.54) is 16.7 Å². The number of H-pyrrole nitrogens is 4. The molecule has 0 atom stereocenters. The number of hydrogen-bond donors (Lipinski definition) is 5. The van der Waals surface area contributed by atoms with E-state index in [0.717, 1.165) is 216 Å². The maximum absolute atomic E-state index is 12.9. The van der Waals surface area contributed by atoms with Crippen LogP contribution < -0.4 is 27.5 Å². The zero-order valence-electron chi connectivity index (χ0n) is 56.9. The second-order valence-electron chi connectivity index (χ2n) is 26.4. The number of hydrogen-bond acceptors (Lipinski definition) is 17. The third-order valence-electron chi connectivity index (χ3n) is 18.9. The minimum absolute atomic E-state index is 0.0384. The van der Waals surface area contributed by atoms with Crippen molar-refractivity contribution in [3.05, 3.63) is 209 Å². The van der Waals surface area contributed by atoms with Gasteiger partial charge in [0.05, 0.1) is 93.1 Å². The van der Waals surface area contributed by atoms with Crippen molar-refractivity contribution in [1.29, 1.82) is 0 Å². The van der Waals surface area contributed by atoms with Crippen LogP contribution in [0.25, 0.3) is 75.8 Å². The van der Waals surface area contributed by atoms with E-state index in [-0.39, 0.29) is 41.6 Å². The lowest BCUT2D eigenvalue weighted by molar-refractivity contribution is 0.00578. The number of aromatic amines is 4. The lowest BCUT2D eigenvalue weighted by Gasteiger charge is -2.32. The Bertz CT molecular complexity index is 4930. The summed E-state index contributed by atoms with van der Waals surface area (Å²) in [6.45, 7) is 25.1. The van der Waals surface area contributed by atoms with Crippen LogP contribution in [0.15, 0.2) is 170 Å². The molecule has 16 rings (SSSR count). The molecule has 5 aliphatic heterocycles. The Morgan fingerprint density at radius 2 is 0.910 bits per heavy atom. The SMILES string of the molecule is C1COCCN1.CC1(C)OB(c2cn[nH]c2)OC1(C)C.CS(=O)(=O)OCc1cc2cc[nH]c(=O)c2c2cc(Br)ccc12.O=c1[nH]ccc2cc(CN3CCOCC3)c3ccc(-c4ccc(CN5CCOCC5)cc4)cc3c12.O=c1[nH]ccc2cc(CN3CCOCC3)c3ccc(Br)cc3c12. The first-order chi connectivity index (χ1) is 48.2. The molecule has 0 spiro atoms. The van der Waals surface area contributed by atoms with Crippen molar-refractivity contribution in [3.63, 3.8) is 0 Å². The Kier molecular flexibility index (Phi) is 23.8. The molecule has 25 heteroatoms. The summed E-state index contributed by atoms with van der Waals surface area (Å²) in [5.74, 6) is 0. The van der Waals surface area contributed by atoms with Gasteiger partial charge in [0, 0.05) is 117 Å². The predicted octanol–water partition coefficient (Wildman–Crippen LogP) is 10.5. The third kappa shape index (κ3) is 17.9. The zero-order valence-corrected chi connectivity index (χ0v) is 60.9. The van der Waals surface area contributed by atoms with E-state index in [1.807, 2.05) is 70.2 Å². The van der Waals surface area contributed by atoms with Crippen LogP contribution in [0.4, 0.5) is 0 Å². The fraction of sp³-hybridized carbons (Fsp3) is 0.360. The molecular weight excluding hydrogens is 1420 g/mol. The van der Waals surface area contributed by atoms with Gasteiger partial charge in [-0.3, -0.25) is 38.4 Å². The van der Waals surface area contributed by atoms with E-state index < -0.39 is 10.1 Å². The normalized spacial score (nSPS) is 17.4. The Labute approximate surface area is 597 Å². The molecule has 0 amide bonds. The molecule has 0 saturated carbocycles. The molecule has 21 nitrogen and oxygen atoms in total. The number of nitrogens with zero attached hydrogens (tertiary/aromatic N) is 4. The molecule has 11 aromatic rings. The fourth-order valence-electron chi connectivity index (χ4n) is 12.9. The van der Waals surface area contributed by atoms with E-state index >= 15 is 0 Å². The van der Waals surface area contributed by atoms with Crippen molar-refractivity contribution < 1.29 is 40.9 Å². The highest BCUT2D eigenvalue weighted by atomic mass is 79.9. The summed E-state index contributed by atoms with van der Waals surface area (Å²) >= 11 is 6.93. The molecule has 9 heterocycles. The molecular formula is C75H84BBr2N9O12S. The van der Waals surface area contributed by atoms with Gasteiger partial charge in [0.1, 0.15) is 0 Å². The maximum atomic E-state index is 12.9. The van der Waals surface area contributed by atoms with Gasteiger partial charge >= 0.3 is 7.12 Å². The summed E-state index contributed by atoms with van der Waals surface area (Å²) < 4.78 is 62.3. The van der Waals surface area contributed by atoms with Crippen LogP contribution in [0.1, 0.15) is 49.9 Å². The molecule has 5 saturated heterocycles. The molecule has 0 bridgehead atoms. The number of fused-ring (bicyclic) bond motifs is 9. The lowest BCUT2D eigenvalue weighted by atomic mass is 9.82. The van der Waals surface area contributed by atoms with Crippen LogP contribution >= 0.6 is 31.9 Å². The van der Waals surface area contributed by atoms with Gasteiger partial charge < -0.3 is 48.5 Å². The van der Waals surface area contributed by atoms with Gasteiger partial charge in [0.25, 0.3) is 26.8 Å². The maximum Gasteiger partial charge on any atom is 0.498 e. The van der Waals surface area contributed by atoms with Crippen molar-refractivity contribution in [2.24, 2.45) is 0 Å². The van der Waals surface area contributed by atoms with Crippen LogP contribution in [0.5, 0.6) is 0 Å². The number of nitrogens with one attached hydrogen (secondary N) is 5. The number of halogens is 2. The van der Waals surface area contributed by atoms with Crippen LogP contribution in [-0.4, -0.2) is 178 Å². The second kappa shape index (κ2) is 32.8. The number of benzene rings is 7. The zero-order chi connectivity index (χ0) is 70.0. The van der Waals surface area contributed by atoms with E-state index in [9.17, 15) is 22.8 Å². The smallest absolute Gasteiger partial charge is 0.399 e. The molecule has 5 N–H and O–H groups in total. The Hall–Kier alpha value is -7.31. The number of morpholine rings is 4. The molecule has 5 aliphatic rings. The van der Waals surface area contributed by atoms with Gasteiger partial charge in [-0.15, -0.1) is 0 Å². The minimum Gasteiger partial charge on any atom is -0.399 e. The van der Waals surface area contributed by atoms with Gasteiger partial charge in [-0.05, 0) is 176 Å². The lowest BCUT2D eigenvalue weighted by Crippen LogP contribution is -2.41. The van der Waals surface area contributed by atoms with Crippen molar-refractivity contribution in [2.75, 3.05) is 111 Å². The number of ether oxygens (including phenoxy) is 4. The first-order valence-corrected chi connectivity index (χ1v) is 37.1. The monoisotopic (exact) mass is 1500 g/mol. The van der Waals surface area contributed by atoms with Crippen LogP contribution in [0.3, 0.4) is 0 Å². The highest BCUT2D eigenvalue weighted by molar-refractivity contribution is 9.10. The molecule has 524 valence electrons. The average molecular weight is 1510 g/mol. The van der Waals surface area contributed by atoms with Crippen molar-refractivity contribution in [1.82, 2.24) is 45.2 Å².